The highest BCUT2D eigenvalue weighted by molar-refractivity contribution is 6.02. The van der Waals surface area contributed by atoms with Gasteiger partial charge in [0.05, 0.1) is 23.2 Å². The first-order valence-corrected chi connectivity index (χ1v) is 9.62. The number of fused-ring (bicyclic) bond motifs is 1. The summed E-state index contributed by atoms with van der Waals surface area (Å²) in [5.41, 5.74) is 3.22. The number of piperidine rings is 1. The summed E-state index contributed by atoms with van der Waals surface area (Å²) in [5, 5.41) is 8.51. The molecule has 2 amide bonds. The Balaban J connectivity index is 1.92. The predicted molar refractivity (Wildman–Crippen MR) is 101 cm³/mol. The van der Waals surface area contributed by atoms with E-state index in [1.807, 2.05) is 0 Å². The van der Waals surface area contributed by atoms with E-state index in [0.717, 1.165) is 16.6 Å². The zero-order valence-corrected chi connectivity index (χ0v) is 16.0. The zero-order chi connectivity index (χ0) is 18.6. The van der Waals surface area contributed by atoms with Crippen molar-refractivity contribution in [2.45, 2.75) is 70.8 Å². The van der Waals surface area contributed by atoms with E-state index in [0.29, 0.717) is 24.8 Å². The number of hydrogen-bond acceptors (Lipinski definition) is 3. The molecule has 1 aromatic carbocycles. The summed E-state index contributed by atoms with van der Waals surface area (Å²) in [6.45, 7) is 8.88. The molecule has 2 heterocycles. The van der Waals surface area contributed by atoms with Crippen molar-refractivity contribution in [3.8, 4) is 0 Å². The van der Waals surface area contributed by atoms with Crippen LogP contribution in [-0.4, -0.2) is 21.6 Å². The second-order valence-electron chi connectivity index (χ2n) is 8.86. The molecule has 5 nitrogen and oxygen atoms in total. The number of carbonyl (C=O) groups excluding carboxylic acids is 2. The fourth-order valence-corrected chi connectivity index (χ4v) is 4.11. The van der Waals surface area contributed by atoms with Crippen LogP contribution in [-0.2, 0) is 15.0 Å². The average Bonchev–Trinajstić information content (AvgIpc) is 3.34. The number of aromatic nitrogens is 2. The molecule has 2 unspecified atom stereocenters. The lowest BCUT2D eigenvalue weighted by molar-refractivity contribution is -0.134. The minimum Gasteiger partial charge on any atom is -0.296 e. The van der Waals surface area contributed by atoms with Crippen molar-refractivity contribution in [1.29, 1.82) is 0 Å². The average molecular weight is 353 g/mol. The fraction of sp³-hybridized carbons (Fsp3) is 0.571. The highest BCUT2D eigenvalue weighted by Crippen LogP contribution is 2.43. The zero-order valence-electron chi connectivity index (χ0n) is 16.0. The summed E-state index contributed by atoms with van der Waals surface area (Å²) >= 11 is 0. The van der Waals surface area contributed by atoms with Crippen molar-refractivity contribution in [3.63, 3.8) is 0 Å². The number of para-hydroxylation sites is 1. The van der Waals surface area contributed by atoms with Gasteiger partial charge in [0, 0.05) is 11.8 Å². The summed E-state index contributed by atoms with van der Waals surface area (Å²) in [6, 6.07) is 6.63. The minimum atomic E-state index is -0.349. The van der Waals surface area contributed by atoms with Crippen LogP contribution in [0.5, 0.6) is 0 Å². The number of hydrogen-bond donors (Lipinski definition) is 1. The van der Waals surface area contributed by atoms with Crippen LogP contribution >= 0.6 is 0 Å². The quantitative estimate of drug-likeness (QED) is 0.853. The van der Waals surface area contributed by atoms with Gasteiger partial charge in [-0.2, -0.15) is 5.10 Å². The largest absolute Gasteiger partial charge is 0.296 e. The molecule has 1 saturated heterocycles. The van der Waals surface area contributed by atoms with Gasteiger partial charge in [0.2, 0.25) is 11.8 Å². The summed E-state index contributed by atoms with van der Waals surface area (Å²) in [5.74, 6) is -0.0800. The van der Waals surface area contributed by atoms with E-state index in [1.54, 1.807) is 0 Å². The molecule has 26 heavy (non-hydrogen) atoms. The van der Waals surface area contributed by atoms with Gasteiger partial charge in [-0.3, -0.25) is 19.6 Å². The number of amides is 2. The molecule has 0 bridgehead atoms. The van der Waals surface area contributed by atoms with Gasteiger partial charge in [-0.15, -0.1) is 0 Å². The Morgan fingerprint density at radius 3 is 2.54 bits per heavy atom. The molecule has 2 fully saturated rings. The van der Waals surface area contributed by atoms with E-state index in [-0.39, 0.29) is 23.1 Å². The Morgan fingerprint density at radius 2 is 1.92 bits per heavy atom. The van der Waals surface area contributed by atoms with E-state index < -0.39 is 0 Å². The number of imide groups is 1. The second kappa shape index (κ2) is 5.93. The molecule has 2 aromatic rings. The van der Waals surface area contributed by atoms with Crippen LogP contribution < -0.4 is 5.32 Å². The Morgan fingerprint density at radius 1 is 1.19 bits per heavy atom. The number of nitrogens with one attached hydrogen (secondary N) is 1. The maximum atomic E-state index is 12.5. The van der Waals surface area contributed by atoms with Gasteiger partial charge < -0.3 is 0 Å². The highest BCUT2D eigenvalue weighted by atomic mass is 16.2. The number of nitrogens with zero attached hydrogens (tertiary/aromatic N) is 2. The normalized spacial score (nSPS) is 22.5. The molecular formula is C21H27N3O2. The number of benzene rings is 1. The first kappa shape index (κ1) is 17.3. The van der Waals surface area contributed by atoms with Gasteiger partial charge in [0.25, 0.3) is 0 Å². The van der Waals surface area contributed by atoms with Crippen LogP contribution in [0.15, 0.2) is 18.2 Å². The first-order chi connectivity index (χ1) is 12.3. The van der Waals surface area contributed by atoms with Crippen molar-refractivity contribution >= 4 is 22.7 Å². The Kier molecular flexibility index (Phi) is 3.94. The molecule has 1 saturated carbocycles. The van der Waals surface area contributed by atoms with Crippen LogP contribution in [0.2, 0.25) is 0 Å². The molecule has 5 heteroatoms. The molecular weight excluding hydrogens is 326 g/mol. The van der Waals surface area contributed by atoms with Gasteiger partial charge in [-0.1, -0.05) is 39.0 Å². The number of rotatable bonds is 3. The summed E-state index contributed by atoms with van der Waals surface area (Å²) in [6.07, 6.45) is 3.40. The molecule has 0 spiro atoms. The van der Waals surface area contributed by atoms with Crippen LogP contribution in [0.25, 0.3) is 10.9 Å². The van der Waals surface area contributed by atoms with Crippen molar-refractivity contribution in [1.82, 2.24) is 15.1 Å². The lowest BCUT2D eigenvalue weighted by Gasteiger charge is -2.23. The van der Waals surface area contributed by atoms with E-state index >= 15 is 0 Å². The van der Waals surface area contributed by atoms with Gasteiger partial charge >= 0.3 is 0 Å². The van der Waals surface area contributed by atoms with Crippen LogP contribution in [0.3, 0.4) is 0 Å². The van der Waals surface area contributed by atoms with Crippen molar-refractivity contribution in [2.24, 2.45) is 5.92 Å². The lowest BCUT2D eigenvalue weighted by atomic mass is 9.84. The maximum Gasteiger partial charge on any atom is 0.235 e. The van der Waals surface area contributed by atoms with E-state index in [1.165, 1.54) is 18.4 Å². The molecule has 1 aliphatic heterocycles. The minimum absolute atomic E-state index is 0.0113. The molecule has 2 aliphatic rings. The van der Waals surface area contributed by atoms with Crippen molar-refractivity contribution < 1.29 is 9.59 Å². The third-order valence-electron chi connectivity index (χ3n) is 5.82. The summed E-state index contributed by atoms with van der Waals surface area (Å²) in [7, 11) is 0. The fourth-order valence-electron chi connectivity index (χ4n) is 4.11. The lowest BCUT2D eigenvalue weighted by Crippen LogP contribution is -2.39. The van der Waals surface area contributed by atoms with E-state index in [2.05, 4.69) is 55.9 Å². The smallest absolute Gasteiger partial charge is 0.235 e. The van der Waals surface area contributed by atoms with E-state index in [4.69, 9.17) is 5.10 Å². The Hall–Kier alpha value is -2.17. The summed E-state index contributed by atoms with van der Waals surface area (Å²) < 4.78 is 2.16. The first-order valence-electron chi connectivity index (χ1n) is 9.62. The third kappa shape index (κ3) is 2.83. The van der Waals surface area contributed by atoms with Crippen LogP contribution in [0.1, 0.15) is 76.6 Å². The monoisotopic (exact) mass is 353 g/mol. The molecule has 138 valence electrons. The SMILES string of the molecule is CC(C1CC1)n1nc(C2CCC(=O)NC2=O)c2cccc(C(C)(C)C)c21. The highest BCUT2D eigenvalue weighted by Gasteiger charge is 2.36. The molecule has 2 atom stereocenters. The van der Waals surface area contributed by atoms with Gasteiger partial charge in [0.1, 0.15) is 0 Å². The second-order valence-corrected chi connectivity index (χ2v) is 8.86. The van der Waals surface area contributed by atoms with Crippen LogP contribution in [0, 0.1) is 5.92 Å². The molecule has 1 aliphatic carbocycles. The topological polar surface area (TPSA) is 64.0 Å². The predicted octanol–water partition coefficient (Wildman–Crippen LogP) is 3.83. The van der Waals surface area contributed by atoms with E-state index in [9.17, 15) is 9.59 Å². The van der Waals surface area contributed by atoms with Crippen molar-refractivity contribution in [3.05, 3.63) is 29.5 Å². The molecule has 1 N–H and O–H groups in total. The molecule has 1 aromatic heterocycles. The molecule has 0 radical (unpaired) electrons. The summed E-state index contributed by atoms with van der Waals surface area (Å²) in [4.78, 5) is 24.0. The van der Waals surface area contributed by atoms with Crippen molar-refractivity contribution in [2.75, 3.05) is 0 Å². The van der Waals surface area contributed by atoms with Crippen LogP contribution in [0.4, 0.5) is 0 Å². The maximum absolute atomic E-state index is 12.5. The Bertz CT molecular complexity index is 887. The van der Waals surface area contributed by atoms with Gasteiger partial charge in [0.15, 0.2) is 0 Å². The van der Waals surface area contributed by atoms with Gasteiger partial charge in [-0.05, 0) is 43.1 Å². The third-order valence-corrected chi connectivity index (χ3v) is 5.82. The number of carbonyl (C=O) groups is 2. The van der Waals surface area contributed by atoms with Gasteiger partial charge in [-0.25, -0.2) is 0 Å². The molecule has 4 rings (SSSR count). The Labute approximate surface area is 154 Å². The standard InChI is InChI=1S/C21H27N3O2/c1-12(13-8-9-13)24-19-14(6-5-7-16(19)21(2,3)4)18(23-24)15-10-11-17(25)22-20(15)26/h5-7,12-13,15H,8-11H2,1-4H3,(H,22,25,26).